The molecule has 1 atom stereocenters. The lowest BCUT2D eigenvalue weighted by atomic mass is 9.86. The van der Waals surface area contributed by atoms with Crippen LogP contribution in [-0.4, -0.2) is 5.11 Å². The first-order valence-electron chi connectivity index (χ1n) is 6.50. The Morgan fingerprint density at radius 1 is 0.652 bits per heavy atom. The molecule has 0 spiro atoms. The van der Waals surface area contributed by atoms with E-state index in [0.717, 1.165) is 6.92 Å². The van der Waals surface area contributed by atoms with Crippen LogP contribution >= 0.6 is 0 Å². The second-order valence-electron chi connectivity index (χ2n) is 5.23. The summed E-state index contributed by atoms with van der Waals surface area (Å²) >= 11 is 0. The summed E-state index contributed by atoms with van der Waals surface area (Å²) in [6, 6.07) is 8.62. The van der Waals surface area contributed by atoms with Crippen LogP contribution in [-0.2, 0) is 18.0 Å². The van der Waals surface area contributed by atoms with Gasteiger partial charge in [0.25, 0.3) is 0 Å². The van der Waals surface area contributed by atoms with Gasteiger partial charge >= 0.3 is 12.4 Å². The van der Waals surface area contributed by atoms with Crippen LogP contribution in [0.5, 0.6) is 0 Å². The monoisotopic (exact) mass is 334 g/mol. The zero-order chi connectivity index (χ0) is 17.5. The summed E-state index contributed by atoms with van der Waals surface area (Å²) in [6.07, 6.45) is -9.91. The third-order valence-corrected chi connectivity index (χ3v) is 3.49. The van der Waals surface area contributed by atoms with Crippen LogP contribution in [0.25, 0.3) is 0 Å². The summed E-state index contributed by atoms with van der Waals surface area (Å²) in [5.74, 6) is 0. The Balaban J connectivity index is 2.67. The molecular weight excluding hydrogens is 322 g/mol. The molecule has 0 bridgehead atoms. The first-order chi connectivity index (χ1) is 10.4. The minimum absolute atomic E-state index is 0.0323. The summed E-state index contributed by atoms with van der Waals surface area (Å²) in [4.78, 5) is 0. The predicted octanol–water partition coefficient (Wildman–Crippen LogP) is 4.98. The molecule has 124 valence electrons. The van der Waals surface area contributed by atoms with E-state index in [4.69, 9.17) is 0 Å². The van der Waals surface area contributed by atoms with Gasteiger partial charge in [0.15, 0.2) is 0 Å². The van der Waals surface area contributed by atoms with Crippen molar-refractivity contribution in [3.8, 4) is 0 Å². The van der Waals surface area contributed by atoms with Crippen LogP contribution in [0.4, 0.5) is 26.3 Å². The molecule has 0 aliphatic carbocycles. The SMILES string of the molecule is C[C@](O)(c1ccccc1)c1cc(C(F)(F)F)cc(C(F)(F)F)c1. The van der Waals surface area contributed by atoms with Crippen molar-refractivity contribution in [3.63, 3.8) is 0 Å². The van der Waals surface area contributed by atoms with Gasteiger partial charge in [0.05, 0.1) is 11.1 Å². The lowest BCUT2D eigenvalue weighted by molar-refractivity contribution is -0.143. The van der Waals surface area contributed by atoms with Gasteiger partial charge in [-0.05, 0) is 36.2 Å². The molecule has 23 heavy (non-hydrogen) atoms. The summed E-state index contributed by atoms with van der Waals surface area (Å²) in [6.45, 7) is 1.15. The highest BCUT2D eigenvalue weighted by atomic mass is 19.4. The topological polar surface area (TPSA) is 20.2 Å². The van der Waals surface area contributed by atoms with Gasteiger partial charge in [0, 0.05) is 0 Å². The molecule has 0 saturated carbocycles. The second kappa shape index (κ2) is 5.56. The number of rotatable bonds is 2. The summed E-state index contributed by atoms with van der Waals surface area (Å²) in [7, 11) is 0. The molecule has 2 rings (SSSR count). The van der Waals surface area contributed by atoms with Crippen molar-refractivity contribution in [2.45, 2.75) is 24.9 Å². The van der Waals surface area contributed by atoms with Gasteiger partial charge in [-0.15, -0.1) is 0 Å². The fourth-order valence-electron chi connectivity index (χ4n) is 2.17. The minimum atomic E-state index is -4.96. The predicted molar refractivity (Wildman–Crippen MR) is 71.6 cm³/mol. The number of aliphatic hydroxyl groups is 1. The molecule has 0 unspecified atom stereocenters. The number of hydrogen-bond acceptors (Lipinski definition) is 1. The standard InChI is InChI=1S/C16H12F6O/c1-14(23,10-5-3-2-4-6-10)11-7-12(15(17,18)19)9-13(8-11)16(20,21)22/h2-9,23H,1H3/t14-/m0/s1. The molecule has 0 aromatic heterocycles. The molecule has 0 aliphatic heterocycles. The van der Waals surface area contributed by atoms with Gasteiger partial charge in [-0.1, -0.05) is 30.3 Å². The van der Waals surface area contributed by atoms with E-state index >= 15 is 0 Å². The van der Waals surface area contributed by atoms with Gasteiger partial charge in [0.1, 0.15) is 5.60 Å². The molecule has 0 fully saturated rings. The molecular formula is C16H12F6O. The Bertz CT molecular complexity index is 654. The number of benzene rings is 2. The number of hydrogen-bond donors (Lipinski definition) is 1. The van der Waals surface area contributed by atoms with Gasteiger partial charge in [-0.25, -0.2) is 0 Å². The van der Waals surface area contributed by atoms with Crippen molar-refractivity contribution in [2.24, 2.45) is 0 Å². The molecule has 0 radical (unpaired) electrons. The van der Waals surface area contributed by atoms with Gasteiger partial charge in [-0.3, -0.25) is 0 Å². The van der Waals surface area contributed by atoms with E-state index in [2.05, 4.69) is 0 Å². The quantitative estimate of drug-likeness (QED) is 0.768. The van der Waals surface area contributed by atoms with Crippen LogP contribution in [0.1, 0.15) is 29.2 Å². The molecule has 7 heteroatoms. The smallest absolute Gasteiger partial charge is 0.381 e. The maximum absolute atomic E-state index is 12.9. The highest BCUT2D eigenvalue weighted by Gasteiger charge is 2.39. The van der Waals surface area contributed by atoms with E-state index in [-0.39, 0.29) is 11.6 Å². The number of alkyl halides is 6. The molecule has 0 aliphatic rings. The van der Waals surface area contributed by atoms with Crippen molar-refractivity contribution in [1.29, 1.82) is 0 Å². The maximum Gasteiger partial charge on any atom is 0.416 e. The fourth-order valence-corrected chi connectivity index (χ4v) is 2.17. The van der Waals surface area contributed by atoms with Crippen LogP contribution in [0.3, 0.4) is 0 Å². The third kappa shape index (κ3) is 3.67. The van der Waals surface area contributed by atoms with Crippen LogP contribution < -0.4 is 0 Å². The van der Waals surface area contributed by atoms with Crippen molar-refractivity contribution in [2.75, 3.05) is 0 Å². The average Bonchev–Trinajstić information content (AvgIpc) is 2.46. The van der Waals surface area contributed by atoms with Crippen molar-refractivity contribution >= 4 is 0 Å². The Labute approximate surface area is 128 Å². The van der Waals surface area contributed by atoms with Crippen molar-refractivity contribution in [3.05, 3.63) is 70.8 Å². The fraction of sp³-hybridized carbons (Fsp3) is 0.250. The molecule has 0 heterocycles. The number of halogens is 6. The molecule has 1 N–H and O–H groups in total. The van der Waals surface area contributed by atoms with Gasteiger partial charge in [-0.2, -0.15) is 26.3 Å². The van der Waals surface area contributed by atoms with Gasteiger partial charge < -0.3 is 5.11 Å². The highest BCUT2D eigenvalue weighted by Crippen LogP contribution is 2.39. The third-order valence-electron chi connectivity index (χ3n) is 3.49. The zero-order valence-corrected chi connectivity index (χ0v) is 11.8. The van der Waals surface area contributed by atoms with Crippen molar-refractivity contribution < 1.29 is 31.4 Å². The molecule has 2 aromatic carbocycles. The Morgan fingerprint density at radius 2 is 1.04 bits per heavy atom. The van der Waals surface area contributed by atoms with E-state index in [1.54, 1.807) is 6.07 Å². The molecule has 2 aromatic rings. The first-order valence-corrected chi connectivity index (χ1v) is 6.50. The highest BCUT2D eigenvalue weighted by molar-refractivity contribution is 5.41. The van der Waals surface area contributed by atoms with Gasteiger partial charge in [0.2, 0.25) is 0 Å². The summed E-state index contributed by atoms with van der Waals surface area (Å²) in [5.41, 5.74) is -5.21. The zero-order valence-electron chi connectivity index (χ0n) is 11.8. The summed E-state index contributed by atoms with van der Waals surface area (Å²) < 4.78 is 77.3. The Kier molecular flexibility index (Phi) is 4.19. The van der Waals surface area contributed by atoms with Crippen molar-refractivity contribution in [1.82, 2.24) is 0 Å². The van der Waals surface area contributed by atoms with Crippen LogP contribution in [0.15, 0.2) is 48.5 Å². The molecule has 0 amide bonds. The normalized spacial score (nSPS) is 15.3. The summed E-state index contributed by atoms with van der Waals surface area (Å²) in [5, 5.41) is 10.5. The largest absolute Gasteiger partial charge is 0.416 e. The van der Waals surface area contributed by atoms with E-state index in [9.17, 15) is 31.4 Å². The van der Waals surface area contributed by atoms with E-state index < -0.39 is 34.6 Å². The first kappa shape index (κ1) is 17.3. The van der Waals surface area contributed by atoms with Crippen LogP contribution in [0, 0.1) is 0 Å². The molecule has 0 saturated heterocycles. The minimum Gasteiger partial charge on any atom is -0.381 e. The lowest BCUT2D eigenvalue weighted by Gasteiger charge is -2.26. The maximum atomic E-state index is 12.9. The van der Waals surface area contributed by atoms with E-state index in [0.29, 0.717) is 12.1 Å². The average molecular weight is 334 g/mol. The Morgan fingerprint density at radius 3 is 1.43 bits per heavy atom. The Hall–Kier alpha value is -2.02. The second-order valence-corrected chi connectivity index (χ2v) is 5.23. The van der Waals surface area contributed by atoms with E-state index in [1.807, 2.05) is 0 Å². The van der Waals surface area contributed by atoms with E-state index in [1.165, 1.54) is 24.3 Å². The lowest BCUT2D eigenvalue weighted by Crippen LogP contribution is -2.24. The molecule has 1 nitrogen and oxygen atoms in total. The van der Waals surface area contributed by atoms with Crippen LogP contribution in [0.2, 0.25) is 0 Å².